The van der Waals surface area contributed by atoms with Crippen LogP contribution in [0.25, 0.3) is 0 Å². The molecule has 2 rings (SSSR count). The summed E-state index contributed by atoms with van der Waals surface area (Å²) >= 11 is 11.6. The number of pyridine rings is 1. The lowest BCUT2D eigenvalue weighted by Gasteiger charge is -2.10. The van der Waals surface area contributed by atoms with E-state index in [0.29, 0.717) is 12.3 Å². The molecule has 0 fully saturated rings. The highest BCUT2D eigenvalue weighted by Crippen LogP contribution is 2.23. The molecular weight excluding hydrogens is 331 g/mol. The fourth-order valence-electron chi connectivity index (χ4n) is 1.77. The van der Waals surface area contributed by atoms with Gasteiger partial charge in [0.25, 0.3) is 10.0 Å². The van der Waals surface area contributed by atoms with Crippen LogP contribution in [0, 0.1) is 6.92 Å². The van der Waals surface area contributed by atoms with E-state index in [1.807, 2.05) is 6.92 Å². The number of anilines is 1. The molecule has 112 valence electrons. The number of benzene rings is 1. The van der Waals surface area contributed by atoms with E-state index in [2.05, 4.69) is 9.71 Å². The topological polar surface area (TPSA) is 59.1 Å². The van der Waals surface area contributed by atoms with E-state index in [9.17, 15) is 8.42 Å². The van der Waals surface area contributed by atoms with Gasteiger partial charge in [0.2, 0.25) is 0 Å². The van der Waals surface area contributed by atoms with Crippen molar-refractivity contribution >= 4 is 38.9 Å². The molecule has 0 radical (unpaired) electrons. The molecule has 0 unspecified atom stereocenters. The zero-order valence-electron chi connectivity index (χ0n) is 11.3. The monoisotopic (exact) mass is 344 g/mol. The Balaban J connectivity index is 2.27. The molecule has 4 nitrogen and oxygen atoms in total. The molecule has 0 saturated carbocycles. The van der Waals surface area contributed by atoms with Crippen molar-refractivity contribution in [3.05, 3.63) is 52.8 Å². The quantitative estimate of drug-likeness (QED) is 0.665. The van der Waals surface area contributed by atoms with E-state index in [1.165, 1.54) is 0 Å². The van der Waals surface area contributed by atoms with Crippen molar-refractivity contribution in [2.24, 2.45) is 0 Å². The third-order valence-electron chi connectivity index (χ3n) is 2.84. The van der Waals surface area contributed by atoms with E-state index in [-0.39, 0.29) is 15.7 Å². The van der Waals surface area contributed by atoms with E-state index < -0.39 is 10.0 Å². The predicted octanol–water partition coefficient (Wildman–Crippen LogP) is 3.63. The molecular formula is C14H14Cl2N2O2S. The van der Waals surface area contributed by atoms with E-state index in [4.69, 9.17) is 23.2 Å². The van der Waals surface area contributed by atoms with Crippen LogP contribution < -0.4 is 4.72 Å². The molecule has 0 saturated heterocycles. The molecule has 0 amide bonds. The Kier molecular flexibility index (Phi) is 5.08. The Morgan fingerprint density at radius 1 is 1.24 bits per heavy atom. The van der Waals surface area contributed by atoms with Crippen LogP contribution in [-0.2, 0) is 16.4 Å². The summed E-state index contributed by atoms with van der Waals surface area (Å²) in [5.74, 6) is 0.495. The SMILES string of the molecule is Cc1cnc(Cl)c(NS(=O)(=O)c2ccc(CCCl)cc2)c1. The first kappa shape index (κ1) is 16.1. The normalized spacial score (nSPS) is 11.4. The summed E-state index contributed by atoms with van der Waals surface area (Å²) in [5.41, 5.74) is 2.07. The first-order valence-electron chi connectivity index (χ1n) is 6.22. The number of aryl methyl sites for hydroxylation is 2. The van der Waals surface area contributed by atoms with Gasteiger partial charge >= 0.3 is 0 Å². The summed E-state index contributed by atoms with van der Waals surface area (Å²) < 4.78 is 27.1. The van der Waals surface area contributed by atoms with Gasteiger partial charge in [0, 0.05) is 12.1 Å². The number of nitrogens with one attached hydrogen (secondary N) is 1. The molecule has 1 N–H and O–H groups in total. The highest BCUT2D eigenvalue weighted by Gasteiger charge is 2.16. The summed E-state index contributed by atoms with van der Waals surface area (Å²) in [6, 6.07) is 8.21. The van der Waals surface area contributed by atoms with Crippen molar-refractivity contribution in [3.63, 3.8) is 0 Å². The van der Waals surface area contributed by atoms with Gasteiger partial charge in [-0.05, 0) is 42.7 Å². The van der Waals surface area contributed by atoms with Crippen LogP contribution in [0.15, 0.2) is 41.4 Å². The number of aromatic nitrogens is 1. The van der Waals surface area contributed by atoms with Gasteiger partial charge in [-0.15, -0.1) is 11.6 Å². The lowest BCUT2D eigenvalue weighted by Crippen LogP contribution is -2.13. The Labute approximate surface area is 134 Å². The lowest BCUT2D eigenvalue weighted by molar-refractivity contribution is 0.601. The molecule has 1 aromatic heterocycles. The van der Waals surface area contributed by atoms with Crippen LogP contribution in [0.5, 0.6) is 0 Å². The van der Waals surface area contributed by atoms with Crippen molar-refractivity contribution in [2.75, 3.05) is 10.6 Å². The smallest absolute Gasteiger partial charge is 0.261 e. The van der Waals surface area contributed by atoms with Crippen LogP contribution >= 0.6 is 23.2 Å². The Morgan fingerprint density at radius 2 is 1.90 bits per heavy atom. The molecule has 2 aromatic rings. The van der Waals surface area contributed by atoms with E-state index >= 15 is 0 Å². The summed E-state index contributed by atoms with van der Waals surface area (Å²) in [7, 11) is -3.69. The Hall–Kier alpha value is -1.30. The molecule has 0 aliphatic heterocycles. The number of hydrogen-bond donors (Lipinski definition) is 1. The van der Waals surface area contributed by atoms with Crippen LogP contribution in [0.1, 0.15) is 11.1 Å². The standard InChI is InChI=1S/C14H14Cl2N2O2S/c1-10-8-13(14(16)17-9-10)18-21(19,20)12-4-2-11(3-5-12)6-7-15/h2-5,8-9,18H,6-7H2,1H3. The van der Waals surface area contributed by atoms with Gasteiger partial charge in [-0.3, -0.25) is 4.72 Å². The highest BCUT2D eigenvalue weighted by atomic mass is 35.5. The number of alkyl halides is 1. The van der Waals surface area contributed by atoms with Crippen LogP contribution in [0.2, 0.25) is 5.15 Å². The minimum absolute atomic E-state index is 0.114. The van der Waals surface area contributed by atoms with Gasteiger partial charge in [0.1, 0.15) is 0 Å². The van der Waals surface area contributed by atoms with Gasteiger partial charge in [0.15, 0.2) is 5.15 Å². The highest BCUT2D eigenvalue weighted by molar-refractivity contribution is 7.92. The van der Waals surface area contributed by atoms with Crippen molar-refractivity contribution in [1.82, 2.24) is 4.98 Å². The zero-order valence-corrected chi connectivity index (χ0v) is 13.6. The van der Waals surface area contributed by atoms with Gasteiger partial charge in [-0.1, -0.05) is 23.7 Å². The maximum Gasteiger partial charge on any atom is 0.261 e. The number of hydrogen-bond acceptors (Lipinski definition) is 3. The summed E-state index contributed by atoms with van der Waals surface area (Å²) in [4.78, 5) is 4.08. The second-order valence-corrected chi connectivity index (χ2v) is 6.96. The Bertz CT molecular complexity index is 731. The molecule has 1 heterocycles. The van der Waals surface area contributed by atoms with Gasteiger partial charge in [-0.2, -0.15) is 0 Å². The number of rotatable bonds is 5. The first-order chi connectivity index (χ1) is 9.92. The first-order valence-corrected chi connectivity index (χ1v) is 8.62. The van der Waals surface area contributed by atoms with Crippen LogP contribution in [0.4, 0.5) is 5.69 Å². The lowest BCUT2D eigenvalue weighted by atomic mass is 10.2. The molecule has 0 spiro atoms. The summed E-state index contributed by atoms with van der Waals surface area (Å²) in [6.45, 7) is 1.81. The van der Waals surface area contributed by atoms with Crippen molar-refractivity contribution in [1.29, 1.82) is 0 Å². The molecule has 0 aliphatic carbocycles. The summed E-state index contributed by atoms with van der Waals surface area (Å²) in [5, 5.41) is 0.114. The minimum Gasteiger partial charge on any atom is -0.276 e. The van der Waals surface area contributed by atoms with Crippen LogP contribution in [-0.4, -0.2) is 19.3 Å². The van der Waals surface area contributed by atoms with Gasteiger partial charge < -0.3 is 0 Å². The maximum absolute atomic E-state index is 12.3. The third kappa shape index (κ3) is 4.09. The molecule has 0 atom stereocenters. The fourth-order valence-corrected chi connectivity index (χ4v) is 3.25. The number of halogens is 2. The van der Waals surface area contributed by atoms with Crippen molar-refractivity contribution in [2.45, 2.75) is 18.2 Å². The second kappa shape index (κ2) is 6.64. The number of sulfonamides is 1. The van der Waals surface area contributed by atoms with Gasteiger partial charge in [-0.25, -0.2) is 13.4 Å². The molecule has 0 bridgehead atoms. The minimum atomic E-state index is -3.69. The summed E-state index contributed by atoms with van der Waals surface area (Å²) in [6.07, 6.45) is 2.27. The maximum atomic E-state index is 12.3. The van der Waals surface area contributed by atoms with Crippen molar-refractivity contribution in [3.8, 4) is 0 Å². The van der Waals surface area contributed by atoms with E-state index in [1.54, 1.807) is 36.5 Å². The van der Waals surface area contributed by atoms with Crippen LogP contribution in [0.3, 0.4) is 0 Å². The second-order valence-electron chi connectivity index (χ2n) is 4.54. The molecule has 1 aromatic carbocycles. The average Bonchev–Trinajstić information content (AvgIpc) is 2.44. The third-order valence-corrected chi connectivity index (χ3v) is 4.71. The average molecular weight is 345 g/mol. The molecule has 0 aliphatic rings. The molecule has 21 heavy (non-hydrogen) atoms. The van der Waals surface area contributed by atoms with Gasteiger partial charge in [0.05, 0.1) is 10.6 Å². The zero-order chi connectivity index (χ0) is 15.5. The largest absolute Gasteiger partial charge is 0.276 e. The number of nitrogens with zero attached hydrogens (tertiary/aromatic N) is 1. The van der Waals surface area contributed by atoms with Crippen molar-refractivity contribution < 1.29 is 8.42 Å². The Morgan fingerprint density at radius 3 is 2.52 bits per heavy atom. The molecule has 7 heteroatoms. The fraction of sp³-hybridized carbons (Fsp3) is 0.214. The van der Waals surface area contributed by atoms with E-state index in [0.717, 1.165) is 11.1 Å². The predicted molar refractivity (Wildman–Crippen MR) is 85.7 cm³/mol.